The first kappa shape index (κ1) is 19.5. The molecule has 0 atom stereocenters. The number of amides is 1. The van der Waals surface area contributed by atoms with Crippen LogP contribution in [-0.2, 0) is 10.0 Å². The normalized spacial score (nSPS) is 11.4. The van der Waals surface area contributed by atoms with E-state index in [1.165, 1.54) is 30.6 Å². The van der Waals surface area contributed by atoms with Crippen LogP contribution in [0.2, 0.25) is 0 Å². The molecule has 0 spiro atoms. The second-order valence-electron chi connectivity index (χ2n) is 6.23. The zero-order chi connectivity index (χ0) is 21.3. The molecule has 0 aliphatic rings. The van der Waals surface area contributed by atoms with E-state index in [1.807, 2.05) is 0 Å². The number of nitrogens with zero attached hydrogens (tertiary/aromatic N) is 3. The molecule has 0 saturated carbocycles. The summed E-state index contributed by atoms with van der Waals surface area (Å²) in [5.74, 6) is -2.78. The molecule has 1 amide bonds. The van der Waals surface area contributed by atoms with Crippen molar-refractivity contribution in [3.8, 4) is 0 Å². The molecule has 8 nitrogen and oxygen atoms in total. The molecule has 0 fully saturated rings. The first-order valence-electron chi connectivity index (χ1n) is 8.50. The van der Waals surface area contributed by atoms with Gasteiger partial charge in [0.05, 0.1) is 10.5 Å². The van der Waals surface area contributed by atoms with Crippen LogP contribution in [0, 0.1) is 11.6 Å². The van der Waals surface area contributed by atoms with Gasteiger partial charge >= 0.3 is 0 Å². The zero-order valence-electron chi connectivity index (χ0n) is 15.1. The monoisotopic (exact) mass is 429 g/mol. The molecule has 0 saturated heterocycles. The lowest BCUT2D eigenvalue weighted by molar-refractivity contribution is 0.102. The Bertz CT molecular complexity index is 1350. The first-order chi connectivity index (χ1) is 14.3. The van der Waals surface area contributed by atoms with Gasteiger partial charge in [0.1, 0.15) is 6.33 Å². The Kier molecular flexibility index (Phi) is 4.88. The Labute approximate surface area is 169 Å². The van der Waals surface area contributed by atoms with Gasteiger partial charge < -0.3 is 5.32 Å². The van der Waals surface area contributed by atoms with Gasteiger partial charge in [0, 0.05) is 17.6 Å². The third-order valence-electron chi connectivity index (χ3n) is 4.15. The van der Waals surface area contributed by atoms with E-state index in [-0.39, 0.29) is 11.6 Å². The number of fused-ring (bicyclic) bond motifs is 1. The third kappa shape index (κ3) is 3.96. The summed E-state index contributed by atoms with van der Waals surface area (Å²) in [6, 6.07) is 11.4. The maximum Gasteiger partial charge on any atom is 0.261 e. The lowest BCUT2D eigenvalue weighted by Crippen LogP contribution is -2.14. The zero-order valence-corrected chi connectivity index (χ0v) is 15.9. The maximum absolute atomic E-state index is 13.3. The number of benzene rings is 2. The number of pyridine rings is 1. The van der Waals surface area contributed by atoms with Crippen LogP contribution >= 0.6 is 0 Å². The minimum Gasteiger partial charge on any atom is -0.322 e. The van der Waals surface area contributed by atoms with E-state index < -0.39 is 26.6 Å². The molecule has 152 valence electrons. The Balaban J connectivity index is 1.46. The lowest BCUT2D eigenvalue weighted by Gasteiger charge is -2.10. The van der Waals surface area contributed by atoms with Crippen LogP contribution in [0.4, 0.5) is 20.2 Å². The first-order valence-corrected chi connectivity index (χ1v) is 9.99. The molecule has 2 heterocycles. The van der Waals surface area contributed by atoms with Gasteiger partial charge in [-0.15, -0.1) is 10.2 Å². The van der Waals surface area contributed by atoms with Crippen molar-refractivity contribution >= 4 is 33.0 Å². The van der Waals surface area contributed by atoms with E-state index >= 15 is 0 Å². The smallest absolute Gasteiger partial charge is 0.261 e. The summed E-state index contributed by atoms with van der Waals surface area (Å²) < 4.78 is 54.8. The Morgan fingerprint density at radius 2 is 1.67 bits per heavy atom. The summed E-state index contributed by atoms with van der Waals surface area (Å²) in [7, 11) is -4.11. The molecule has 4 aromatic rings. The predicted molar refractivity (Wildman–Crippen MR) is 105 cm³/mol. The molecule has 2 N–H and O–H groups in total. The number of carbonyl (C=O) groups is 1. The fraction of sp³-hybridized carbons (Fsp3) is 0. The van der Waals surface area contributed by atoms with E-state index in [9.17, 15) is 22.0 Å². The van der Waals surface area contributed by atoms with Crippen molar-refractivity contribution in [2.45, 2.75) is 4.90 Å². The van der Waals surface area contributed by atoms with E-state index in [1.54, 1.807) is 22.7 Å². The fourth-order valence-corrected chi connectivity index (χ4v) is 3.71. The number of sulfonamides is 1. The highest BCUT2D eigenvalue weighted by molar-refractivity contribution is 7.92. The molecular formula is C19H13F2N5O3S. The van der Waals surface area contributed by atoms with Gasteiger partial charge in [-0.1, -0.05) is 0 Å². The average Bonchev–Trinajstić information content (AvgIpc) is 3.19. The van der Waals surface area contributed by atoms with Crippen LogP contribution in [0.3, 0.4) is 0 Å². The van der Waals surface area contributed by atoms with Crippen LogP contribution < -0.4 is 10.0 Å². The molecule has 2 aromatic heterocycles. The Morgan fingerprint density at radius 3 is 2.40 bits per heavy atom. The third-order valence-corrected chi connectivity index (χ3v) is 5.53. The number of rotatable bonds is 5. The number of carbonyl (C=O) groups excluding carboxylic acids is 1. The minimum atomic E-state index is -4.11. The van der Waals surface area contributed by atoms with E-state index in [4.69, 9.17) is 0 Å². The van der Waals surface area contributed by atoms with Crippen LogP contribution in [-0.4, -0.2) is 28.9 Å². The lowest BCUT2D eigenvalue weighted by atomic mass is 10.2. The van der Waals surface area contributed by atoms with Gasteiger partial charge in [0.25, 0.3) is 15.9 Å². The molecule has 2 aromatic carbocycles. The number of hydrogen-bond acceptors (Lipinski definition) is 5. The Hall–Kier alpha value is -3.86. The summed E-state index contributed by atoms with van der Waals surface area (Å²) in [5, 5.41) is 10.3. The molecule has 30 heavy (non-hydrogen) atoms. The van der Waals surface area contributed by atoms with Gasteiger partial charge in [-0.2, -0.15) is 0 Å². The average molecular weight is 429 g/mol. The SMILES string of the molecule is O=C(Nc1ccc(NS(=O)(=O)c2ccc(F)c(F)c2)cc1)c1ccc2nncn2c1. The van der Waals surface area contributed by atoms with Crippen molar-refractivity contribution in [2.75, 3.05) is 10.0 Å². The summed E-state index contributed by atoms with van der Waals surface area (Å²) in [6.07, 6.45) is 3.05. The maximum atomic E-state index is 13.3. The molecule has 0 aliphatic carbocycles. The standard InChI is InChI=1S/C19H13F2N5O3S/c20-16-7-6-15(9-17(16)21)30(28,29)25-14-4-2-13(3-5-14)23-19(27)12-1-8-18-24-22-11-26(18)10-12/h1-11,25H,(H,23,27). The highest BCUT2D eigenvalue weighted by Crippen LogP contribution is 2.20. The van der Waals surface area contributed by atoms with E-state index in [0.717, 1.165) is 12.1 Å². The van der Waals surface area contributed by atoms with Crippen LogP contribution in [0.1, 0.15) is 10.4 Å². The highest BCUT2D eigenvalue weighted by Gasteiger charge is 2.17. The van der Waals surface area contributed by atoms with Crippen LogP contribution in [0.5, 0.6) is 0 Å². The molecular weight excluding hydrogens is 416 g/mol. The van der Waals surface area contributed by atoms with Gasteiger partial charge in [-0.25, -0.2) is 17.2 Å². The quantitative estimate of drug-likeness (QED) is 0.507. The van der Waals surface area contributed by atoms with Crippen LogP contribution in [0.15, 0.2) is 72.0 Å². The summed E-state index contributed by atoms with van der Waals surface area (Å²) in [4.78, 5) is 12.0. The van der Waals surface area contributed by atoms with Gasteiger partial charge in [0.15, 0.2) is 17.3 Å². The van der Waals surface area contributed by atoms with Gasteiger partial charge in [0.2, 0.25) is 0 Å². The number of anilines is 2. The van der Waals surface area contributed by atoms with Crippen molar-refractivity contribution < 1.29 is 22.0 Å². The number of nitrogens with one attached hydrogen (secondary N) is 2. The van der Waals surface area contributed by atoms with Crippen molar-refractivity contribution in [2.24, 2.45) is 0 Å². The molecule has 0 unspecified atom stereocenters. The number of aromatic nitrogens is 3. The molecule has 0 radical (unpaired) electrons. The van der Waals surface area contributed by atoms with Crippen molar-refractivity contribution in [3.05, 3.63) is 84.3 Å². The van der Waals surface area contributed by atoms with Crippen LogP contribution in [0.25, 0.3) is 5.65 Å². The predicted octanol–water partition coefficient (Wildman–Crippen LogP) is 3.06. The highest BCUT2D eigenvalue weighted by atomic mass is 32.2. The molecule has 0 bridgehead atoms. The van der Waals surface area contributed by atoms with Crippen molar-refractivity contribution in [3.63, 3.8) is 0 Å². The Morgan fingerprint density at radius 1 is 0.933 bits per heavy atom. The van der Waals surface area contributed by atoms with Crippen molar-refractivity contribution in [1.82, 2.24) is 14.6 Å². The summed E-state index contributed by atoms with van der Waals surface area (Å²) in [6.45, 7) is 0. The second-order valence-corrected chi connectivity index (χ2v) is 7.91. The van der Waals surface area contributed by atoms with Gasteiger partial charge in [-0.05, 0) is 54.6 Å². The summed E-state index contributed by atoms with van der Waals surface area (Å²) in [5.41, 5.74) is 1.60. The van der Waals surface area contributed by atoms with E-state index in [0.29, 0.717) is 23.0 Å². The molecule has 4 rings (SSSR count). The topological polar surface area (TPSA) is 105 Å². The molecule has 11 heteroatoms. The van der Waals surface area contributed by atoms with Crippen molar-refractivity contribution in [1.29, 1.82) is 0 Å². The summed E-state index contributed by atoms with van der Waals surface area (Å²) >= 11 is 0. The van der Waals surface area contributed by atoms with Gasteiger partial charge in [-0.3, -0.25) is 13.9 Å². The largest absolute Gasteiger partial charge is 0.322 e. The second kappa shape index (κ2) is 7.52. The number of halogens is 2. The molecule has 0 aliphatic heterocycles. The number of hydrogen-bond donors (Lipinski definition) is 2. The fourth-order valence-electron chi connectivity index (χ4n) is 2.64. The minimum absolute atomic E-state index is 0.184. The van der Waals surface area contributed by atoms with E-state index in [2.05, 4.69) is 20.2 Å².